The van der Waals surface area contributed by atoms with E-state index in [0.29, 0.717) is 0 Å². The minimum atomic E-state index is 0.752. The van der Waals surface area contributed by atoms with E-state index in [9.17, 15) is 0 Å². The Labute approximate surface area is 70.3 Å². The molecule has 0 amide bonds. The third-order valence-electron chi connectivity index (χ3n) is 1.40. The molecule has 2 heteroatoms. The smallest absolute Gasteiger partial charge is 0.0477 e. The zero-order valence-corrected chi connectivity index (χ0v) is 8.02. The highest BCUT2D eigenvalue weighted by atomic mass is 16.5. The zero-order valence-electron chi connectivity index (χ0n) is 8.02. The second-order valence-corrected chi connectivity index (χ2v) is 3.15. The second kappa shape index (κ2) is 8.02. The molecule has 0 atom stereocenters. The van der Waals surface area contributed by atoms with Crippen molar-refractivity contribution in [3.8, 4) is 0 Å². The molecular formula is C9H21NO. The maximum absolute atomic E-state index is 5.20. The Balaban J connectivity index is 2.80. The fourth-order valence-electron chi connectivity index (χ4n) is 0.834. The van der Waals surface area contributed by atoms with Gasteiger partial charge in [0.05, 0.1) is 0 Å². The summed E-state index contributed by atoms with van der Waals surface area (Å²) in [7, 11) is 0. The lowest BCUT2D eigenvalue weighted by molar-refractivity contribution is 0.144. The maximum atomic E-state index is 5.20. The van der Waals surface area contributed by atoms with Gasteiger partial charge in [0, 0.05) is 13.2 Å². The first kappa shape index (κ1) is 10.9. The van der Waals surface area contributed by atoms with Gasteiger partial charge in [-0.15, -0.1) is 0 Å². The highest BCUT2D eigenvalue weighted by molar-refractivity contribution is 4.50. The van der Waals surface area contributed by atoms with Crippen LogP contribution in [0.3, 0.4) is 0 Å². The van der Waals surface area contributed by atoms with Gasteiger partial charge in [0.15, 0.2) is 0 Å². The highest BCUT2D eigenvalue weighted by Crippen LogP contribution is 1.87. The summed E-state index contributed by atoms with van der Waals surface area (Å²) >= 11 is 0. The van der Waals surface area contributed by atoms with E-state index < -0.39 is 0 Å². The molecular weight excluding hydrogens is 138 g/mol. The predicted molar refractivity (Wildman–Crippen MR) is 48.8 cm³/mol. The van der Waals surface area contributed by atoms with Crippen molar-refractivity contribution in [1.82, 2.24) is 5.32 Å². The van der Waals surface area contributed by atoms with Crippen molar-refractivity contribution >= 4 is 0 Å². The van der Waals surface area contributed by atoms with Gasteiger partial charge in [-0.25, -0.2) is 0 Å². The molecule has 2 nitrogen and oxygen atoms in total. The van der Waals surface area contributed by atoms with Gasteiger partial charge in [-0.2, -0.15) is 0 Å². The molecule has 0 saturated carbocycles. The van der Waals surface area contributed by atoms with Crippen LogP contribution in [0.4, 0.5) is 0 Å². The van der Waals surface area contributed by atoms with E-state index in [2.05, 4.69) is 19.2 Å². The maximum Gasteiger partial charge on any atom is 0.0477 e. The Bertz CT molecular complexity index is 74.0. The number of hydrogen-bond acceptors (Lipinski definition) is 2. The van der Waals surface area contributed by atoms with Gasteiger partial charge in [-0.3, -0.25) is 0 Å². The molecule has 0 aliphatic rings. The molecule has 0 bridgehead atoms. The Morgan fingerprint density at radius 3 is 2.64 bits per heavy atom. The molecule has 0 aromatic carbocycles. The Morgan fingerprint density at radius 1 is 1.36 bits per heavy atom. The van der Waals surface area contributed by atoms with Gasteiger partial charge in [0.2, 0.25) is 0 Å². The van der Waals surface area contributed by atoms with Crippen molar-refractivity contribution in [1.29, 1.82) is 0 Å². The quantitative estimate of drug-likeness (QED) is 0.570. The molecule has 0 aliphatic heterocycles. The normalized spacial score (nSPS) is 10.9. The number of rotatable bonds is 7. The molecule has 0 heterocycles. The molecule has 0 aliphatic carbocycles. The van der Waals surface area contributed by atoms with Crippen LogP contribution in [0.1, 0.15) is 27.2 Å². The predicted octanol–water partition coefficient (Wildman–Crippen LogP) is 1.66. The van der Waals surface area contributed by atoms with Crippen LogP contribution in [0.15, 0.2) is 0 Å². The average molecular weight is 159 g/mol. The summed E-state index contributed by atoms with van der Waals surface area (Å²) in [6, 6.07) is 0. The van der Waals surface area contributed by atoms with Gasteiger partial charge in [-0.05, 0) is 32.4 Å². The summed E-state index contributed by atoms with van der Waals surface area (Å²) in [4.78, 5) is 0. The summed E-state index contributed by atoms with van der Waals surface area (Å²) in [5.41, 5.74) is 0. The van der Waals surface area contributed by atoms with Crippen LogP contribution in [0.5, 0.6) is 0 Å². The van der Waals surface area contributed by atoms with Crippen LogP contribution in [0.25, 0.3) is 0 Å². The summed E-state index contributed by atoms with van der Waals surface area (Å²) in [6.45, 7) is 10.4. The van der Waals surface area contributed by atoms with Crippen LogP contribution < -0.4 is 5.32 Å². The molecule has 0 spiro atoms. The largest absolute Gasteiger partial charge is 0.382 e. The Hall–Kier alpha value is -0.0800. The van der Waals surface area contributed by atoms with Gasteiger partial charge >= 0.3 is 0 Å². The summed E-state index contributed by atoms with van der Waals surface area (Å²) in [5, 5.41) is 3.36. The highest BCUT2D eigenvalue weighted by Gasteiger charge is 1.91. The summed E-state index contributed by atoms with van der Waals surface area (Å²) in [6.07, 6.45) is 1.13. The number of hydrogen-bond donors (Lipinski definition) is 1. The van der Waals surface area contributed by atoms with Crippen molar-refractivity contribution in [2.75, 3.05) is 26.3 Å². The lowest BCUT2D eigenvalue weighted by Gasteiger charge is -2.06. The first-order chi connectivity index (χ1) is 5.27. The molecule has 0 saturated heterocycles. The average Bonchev–Trinajstić information content (AvgIpc) is 1.96. The summed E-state index contributed by atoms with van der Waals surface area (Å²) in [5.74, 6) is 0.752. The van der Waals surface area contributed by atoms with Crippen LogP contribution in [-0.2, 0) is 4.74 Å². The van der Waals surface area contributed by atoms with Gasteiger partial charge in [-0.1, -0.05) is 13.8 Å². The SMILES string of the molecule is CCOCCCNCC(C)C. The first-order valence-electron chi connectivity index (χ1n) is 4.55. The van der Waals surface area contributed by atoms with Crippen molar-refractivity contribution < 1.29 is 4.74 Å². The zero-order chi connectivity index (χ0) is 8.53. The lowest BCUT2D eigenvalue weighted by Crippen LogP contribution is -2.21. The van der Waals surface area contributed by atoms with Crippen LogP contribution >= 0.6 is 0 Å². The third-order valence-corrected chi connectivity index (χ3v) is 1.40. The monoisotopic (exact) mass is 159 g/mol. The molecule has 0 unspecified atom stereocenters. The van der Waals surface area contributed by atoms with E-state index in [-0.39, 0.29) is 0 Å². The van der Waals surface area contributed by atoms with E-state index >= 15 is 0 Å². The van der Waals surface area contributed by atoms with E-state index in [1.807, 2.05) is 6.92 Å². The fraction of sp³-hybridized carbons (Fsp3) is 1.00. The van der Waals surface area contributed by atoms with E-state index in [1.54, 1.807) is 0 Å². The van der Waals surface area contributed by atoms with Crippen LogP contribution in [0, 0.1) is 5.92 Å². The van der Waals surface area contributed by atoms with Crippen LogP contribution in [0.2, 0.25) is 0 Å². The molecule has 0 aromatic rings. The van der Waals surface area contributed by atoms with Crippen molar-refractivity contribution in [3.05, 3.63) is 0 Å². The second-order valence-electron chi connectivity index (χ2n) is 3.15. The molecule has 68 valence electrons. The Kier molecular flexibility index (Phi) is 7.96. The molecule has 11 heavy (non-hydrogen) atoms. The minimum absolute atomic E-state index is 0.752. The van der Waals surface area contributed by atoms with Gasteiger partial charge in [0.1, 0.15) is 0 Å². The number of nitrogens with one attached hydrogen (secondary N) is 1. The van der Waals surface area contributed by atoms with E-state index in [0.717, 1.165) is 38.6 Å². The molecule has 0 radical (unpaired) electrons. The molecule has 0 fully saturated rings. The molecule has 0 rings (SSSR count). The van der Waals surface area contributed by atoms with E-state index in [4.69, 9.17) is 4.74 Å². The van der Waals surface area contributed by atoms with Crippen molar-refractivity contribution in [2.45, 2.75) is 27.2 Å². The van der Waals surface area contributed by atoms with E-state index in [1.165, 1.54) is 0 Å². The van der Waals surface area contributed by atoms with Crippen LogP contribution in [-0.4, -0.2) is 26.3 Å². The molecule has 0 aromatic heterocycles. The summed E-state index contributed by atoms with van der Waals surface area (Å²) < 4.78 is 5.20. The Morgan fingerprint density at radius 2 is 2.09 bits per heavy atom. The molecule has 1 N–H and O–H groups in total. The van der Waals surface area contributed by atoms with Gasteiger partial charge < -0.3 is 10.1 Å². The first-order valence-corrected chi connectivity index (χ1v) is 4.55. The standard InChI is InChI=1S/C9H21NO/c1-4-11-7-5-6-10-8-9(2)3/h9-10H,4-8H2,1-3H3. The number of ether oxygens (including phenoxy) is 1. The fourth-order valence-corrected chi connectivity index (χ4v) is 0.834. The van der Waals surface area contributed by atoms with Crippen molar-refractivity contribution in [2.24, 2.45) is 5.92 Å². The van der Waals surface area contributed by atoms with Gasteiger partial charge in [0.25, 0.3) is 0 Å². The third kappa shape index (κ3) is 9.92. The van der Waals surface area contributed by atoms with Crippen molar-refractivity contribution in [3.63, 3.8) is 0 Å². The minimum Gasteiger partial charge on any atom is -0.382 e. The lowest BCUT2D eigenvalue weighted by atomic mass is 10.2. The topological polar surface area (TPSA) is 21.3 Å².